The van der Waals surface area contributed by atoms with Crippen molar-refractivity contribution in [1.82, 2.24) is 5.43 Å². The maximum atomic E-state index is 12.5. The second-order valence-corrected chi connectivity index (χ2v) is 6.09. The second-order valence-electron chi connectivity index (χ2n) is 6.09. The summed E-state index contributed by atoms with van der Waals surface area (Å²) < 4.78 is 5.72. The molecule has 0 aliphatic rings. The summed E-state index contributed by atoms with van der Waals surface area (Å²) in [4.78, 5) is 12.5. The monoisotopic (exact) mass is 365 g/mol. The molecule has 0 saturated carbocycles. The zero-order valence-corrected chi connectivity index (χ0v) is 14.8. The van der Waals surface area contributed by atoms with Crippen molar-refractivity contribution in [2.24, 2.45) is 5.10 Å². The zero-order chi connectivity index (χ0) is 19.3. The van der Waals surface area contributed by atoms with Crippen molar-refractivity contribution in [3.05, 3.63) is 95.7 Å². The number of nitriles is 1. The Kier molecular flexibility index (Phi) is 4.68. The van der Waals surface area contributed by atoms with Crippen molar-refractivity contribution in [1.29, 1.82) is 5.26 Å². The van der Waals surface area contributed by atoms with Gasteiger partial charge in [-0.2, -0.15) is 10.4 Å². The second kappa shape index (κ2) is 7.60. The molecular formula is C23H15N3O2. The minimum absolute atomic E-state index is 0.297. The van der Waals surface area contributed by atoms with Crippen molar-refractivity contribution in [3.8, 4) is 17.4 Å². The summed E-state index contributed by atoms with van der Waals surface area (Å²) in [6.07, 6.45) is 1.43. The van der Waals surface area contributed by atoms with Gasteiger partial charge in [-0.15, -0.1) is 0 Å². The van der Waals surface area contributed by atoms with Gasteiger partial charge >= 0.3 is 0 Å². The summed E-state index contributed by atoms with van der Waals surface area (Å²) in [5, 5.41) is 15.1. The molecule has 28 heavy (non-hydrogen) atoms. The molecule has 0 unspecified atom stereocenters. The van der Waals surface area contributed by atoms with E-state index in [0.717, 1.165) is 10.8 Å². The van der Waals surface area contributed by atoms with Crippen molar-refractivity contribution in [2.75, 3.05) is 0 Å². The van der Waals surface area contributed by atoms with Gasteiger partial charge in [0.15, 0.2) is 0 Å². The SMILES string of the molecule is N#Cc1ccccc1-c1ccc(/C=N/NC(=O)c2cccc3ccccc23)o1. The molecule has 0 fully saturated rings. The Morgan fingerprint density at radius 2 is 1.75 bits per heavy atom. The summed E-state index contributed by atoms with van der Waals surface area (Å²) in [5.41, 5.74) is 4.33. The largest absolute Gasteiger partial charge is 0.455 e. The van der Waals surface area contributed by atoms with E-state index >= 15 is 0 Å². The quantitative estimate of drug-likeness (QED) is 0.419. The third-order valence-electron chi connectivity index (χ3n) is 4.33. The minimum Gasteiger partial charge on any atom is -0.455 e. The molecule has 5 nitrogen and oxygen atoms in total. The summed E-state index contributed by atoms with van der Waals surface area (Å²) >= 11 is 0. The van der Waals surface area contributed by atoms with Gasteiger partial charge in [0.05, 0.1) is 17.8 Å². The van der Waals surface area contributed by atoms with Crippen molar-refractivity contribution in [2.45, 2.75) is 0 Å². The number of rotatable bonds is 4. The molecule has 0 aliphatic heterocycles. The molecule has 0 radical (unpaired) electrons. The molecule has 1 amide bonds. The summed E-state index contributed by atoms with van der Waals surface area (Å²) in [6.45, 7) is 0. The van der Waals surface area contributed by atoms with Crippen LogP contribution in [-0.2, 0) is 0 Å². The number of carbonyl (C=O) groups excluding carboxylic acids is 1. The van der Waals surface area contributed by atoms with E-state index < -0.39 is 0 Å². The Bertz CT molecular complexity index is 1230. The normalized spacial score (nSPS) is 10.8. The molecule has 0 aliphatic carbocycles. The van der Waals surface area contributed by atoms with Gasteiger partial charge in [0.1, 0.15) is 11.5 Å². The van der Waals surface area contributed by atoms with Gasteiger partial charge in [-0.25, -0.2) is 5.43 Å². The number of nitrogens with zero attached hydrogens (tertiary/aromatic N) is 2. The van der Waals surface area contributed by atoms with Crippen LogP contribution in [0.2, 0.25) is 0 Å². The lowest BCUT2D eigenvalue weighted by Gasteiger charge is -2.04. The Balaban J connectivity index is 1.51. The highest BCUT2D eigenvalue weighted by molar-refractivity contribution is 6.07. The topological polar surface area (TPSA) is 78.4 Å². The van der Waals surface area contributed by atoms with Crippen LogP contribution in [0.15, 0.2) is 88.4 Å². The van der Waals surface area contributed by atoms with Crippen LogP contribution in [0, 0.1) is 11.3 Å². The molecule has 134 valence electrons. The highest BCUT2D eigenvalue weighted by atomic mass is 16.3. The Morgan fingerprint density at radius 1 is 0.964 bits per heavy atom. The van der Waals surface area contributed by atoms with Crippen LogP contribution in [-0.4, -0.2) is 12.1 Å². The fourth-order valence-corrected chi connectivity index (χ4v) is 3.00. The Morgan fingerprint density at radius 3 is 2.64 bits per heavy atom. The number of furan rings is 1. The summed E-state index contributed by atoms with van der Waals surface area (Å²) in [5.74, 6) is 0.745. The number of nitrogens with one attached hydrogen (secondary N) is 1. The van der Waals surface area contributed by atoms with Gasteiger partial charge < -0.3 is 4.42 Å². The standard InChI is InChI=1S/C23H15N3O2/c24-14-17-7-2-4-10-20(17)22-13-12-18(28-22)15-25-26-23(27)21-11-5-8-16-6-1-3-9-19(16)21/h1-13,15H,(H,26,27)/b25-15+. The van der Waals surface area contributed by atoms with Gasteiger partial charge in [-0.1, -0.05) is 48.5 Å². The fraction of sp³-hybridized carbons (Fsp3) is 0. The highest BCUT2D eigenvalue weighted by Crippen LogP contribution is 2.25. The van der Waals surface area contributed by atoms with Gasteiger partial charge in [0, 0.05) is 11.1 Å². The smallest absolute Gasteiger partial charge is 0.271 e. The maximum absolute atomic E-state index is 12.5. The predicted octanol–water partition coefficient (Wildman–Crippen LogP) is 4.74. The van der Waals surface area contributed by atoms with E-state index in [1.165, 1.54) is 6.21 Å². The molecule has 4 aromatic rings. The molecule has 0 saturated heterocycles. The average Bonchev–Trinajstić information content (AvgIpc) is 3.22. The maximum Gasteiger partial charge on any atom is 0.271 e. The lowest BCUT2D eigenvalue weighted by Crippen LogP contribution is -2.17. The van der Waals surface area contributed by atoms with E-state index in [9.17, 15) is 10.1 Å². The third-order valence-corrected chi connectivity index (χ3v) is 4.33. The number of fused-ring (bicyclic) bond motifs is 1. The molecule has 5 heteroatoms. The number of amides is 1. The predicted molar refractivity (Wildman–Crippen MR) is 108 cm³/mol. The molecule has 1 heterocycles. The summed E-state index contributed by atoms with van der Waals surface area (Å²) in [6, 6.07) is 26.1. The first-order chi connectivity index (χ1) is 13.8. The van der Waals surface area contributed by atoms with Gasteiger partial charge in [0.2, 0.25) is 0 Å². The average molecular weight is 365 g/mol. The molecule has 1 N–H and O–H groups in total. The lowest BCUT2D eigenvalue weighted by molar-refractivity contribution is 0.0957. The molecule has 0 bridgehead atoms. The van der Waals surface area contributed by atoms with Crippen molar-refractivity contribution in [3.63, 3.8) is 0 Å². The zero-order valence-electron chi connectivity index (χ0n) is 14.8. The van der Waals surface area contributed by atoms with E-state index in [2.05, 4.69) is 16.6 Å². The van der Waals surface area contributed by atoms with Gasteiger partial charge in [0.25, 0.3) is 5.91 Å². The van der Waals surface area contributed by atoms with Crippen LogP contribution in [0.4, 0.5) is 0 Å². The third kappa shape index (κ3) is 3.39. The lowest BCUT2D eigenvalue weighted by atomic mass is 10.0. The van der Waals surface area contributed by atoms with Crippen LogP contribution in [0.1, 0.15) is 21.7 Å². The van der Waals surface area contributed by atoms with E-state index in [1.807, 2.05) is 48.5 Å². The Labute approximate surface area is 161 Å². The highest BCUT2D eigenvalue weighted by Gasteiger charge is 2.10. The number of benzene rings is 3. The first kappa shape index (κ1) is 17.3. The van der Waals surface area contributed by atoms with Crippen LogP contribution >= 0.6 is 0 Å². The number of carbonyl (C=O) groups is 1. The van der Waals surface area contributed by atoms with Crippen LogP contribution < -0.4 is 5.43 Å². The fourth-order valence-electron chi connectivity index (χ4n) is 3.00. The molecule has 0 atom stereocenters. The van der Waals surface area contributed by atoms with Crippen molar-refractivity contribution >= 4 is 22.9 Å². The first-order valence-corrected chi connectivity index (χ1v) is 8.67. The van der Waals surface area contributed by atoms with Crippen LogP contribution in [0.25, 0.3) is 22.1 Å². The number of hydrogen-bond acceptors (Lipinski definition) is 4. The van der Waals surface area contributed by atoms with E-state index in [1.54, 1.807) is 30.3 Å². The number of hydrogen-bond donors (Lipinski definition) is 1. The molecular weight excluding hydrogens is 350 g/mol. The van der Waals surface area contributed by atoms with Gasteiger partial charge in [-0.05, 0) is 41.1 Å². The summed E-state index contributed by atoms with van der Waals surface area (Å²) in [7, 11) is 0. The number of hydrazone groups is 1. The minimum atomic E-state index is -0.297. The van der Waals surface area contributed by atoms with Gasteiger partial charge in [-0.3, -0.25) is 4.79 Å². The first-order valence-electron chi connectivity index (χ1n) is 8.67. The molecule has 0 spiro atoms. The van der Waals surface area contributed by atoms with E-state index in [-0.39, 0.29) is 5.91 Å². The van der Waals surface area contributed by atoms with Crippen molar-refractivity contribution < 1.29 is 9.21 Å². The Hall–Kier alpha value is -4.17. The molecule has 3 aromatic carbocycles. The van der Waals surface area contributed by atoms with Crippen LogP contribution in [0.5, 0.6) is 0 Å². The van der Waals surface area contributed by atoms with E-state index in [4.69, 9.17) is 4.42 Å². The molecule has 1 aromatic heterocycles. The molecule has 4 rings (SSSR count). The van der Waals surface area contributed by atoms with Crippen LogP contribution in [0.3, 0.4) is 0 Å². The van der Waals surface area contributed by atoms with E-state index in [0.29, 0.717) is 28.2 Å².